The molecule has 0 spiro atoms. The molecule has 1 saturated heterocycles. The minimum atomic E-state index is -4.45. The third-order valence-electron chi connectivity index (χ3n) is 6.04. The van der Waals surface area contributed by atoms with Gasteiger partial charge in [-0.05, 0) is 42.7 Å². The van der Waals surface area contributed by atoms with Gasteiger partial charge in [0.15, 0.2) is 0 Å². The number of nitrogens with two attached hydrogens (primary N) is 1. The standard InChI is InChI=1S/C24H29ClF3N3O/c1-3-6-16(2)23(32)30-12-11-19(15-30)31(18-9-10-22(29)21(25)13-18)14-17-7-4-5-8-20(17)24(26,27)28/h4-5,7-10,13,16,19H,3,6,11-12,14-15,29H2,1-2H3/t16?,19-/m0/s1. The van der Waals surface area contributed by atoms with E-state index in [4.69, 9.17) is 17.3 Å². The summed E-state index contributed by atoms with van der Waals surface area (Å²) in [5.74, 6) is 0.0319. The minimum absolute atomic E-state index is 0.0488. The summed E-state index contributed by atoms with van der Waals surface area (Å²) in [4.78, 5) is 16.5. The van der Waals surface area contributed by atoms with Gasteiger partial charge < -0.3 is 15.5 Å². The number of hydrogen-bond donors (Lipinski definition) is 1. The van der Waals surface area contributed by atoms with Crippen molar-refractivity contribution in [2.75, 3.05) is 23.7 Å². The number of amides is 1. The van der Waals surface area contributed by atoms with Crippen molar-refractivity contribution in [3.8, 4) is 0 Å². The summed E-state index contributed by atoms with van der Waals surface area (Å²) in [5.41, 5.74) is 6.45. The third-order valence-corrected chi connectivity index (χ3v) is 6.37. The second-order valence-electron chi connectivity index (χ2n) is 8.41. The summed E-state index contributed by atoms with van der Waals surface area (Å²) in [6.45, 7) is 5.06. The van der Waals surface area contributed by atoms with Gasteiger partial charge >= 0.3 is 6.18 Å². The van der Waals surface area contributed by atoms with Crippen LogP contribution in [-0.4, -0.2) is 29.9 Å². The van der Waals surface area contributed by atoms with Gasteiger partial charge in [0.25, 0.3) is 0 Å². The van der Waals surface area contributed by atoms with Crippen LogP contribution in [0, 0.1) is 5.92 Å². The van der Waals surface area contributed by atoms with E-state index >= 15 is 0 Å². The summed E-state index contributed by atoms with van der Waals surface area (Å²) < 4.78 is 40.8. The quantitative estimate of drug-likeness (QED) is 0.509. The van der Waals surface area contributed by atoms with Crippen molar-refractivity contribution in [1.82, 2.24) is 4.90 Å². The number of alkyl halides is 3. The van der Waals surface area contributed by atoms with Crippen LogP contribution in [0.4, 0.5) is 24.5 Å². The van der Waals surface area contributed by atoms with E-state index in [1.807, 2.05) is 23.6 Å². The largest absolute Gasteiger partial charge is 0.416 e. The predicted octanol–water partition coefficient (Wildman–Crippen LogP) is 5.98. The van der Waals surface area contributed by atoms with E-state index in [1.165, 1.54) is 12.1 Å². The molecule has 1 fully saturated rings. The lowest BCUT2D eigenvalue weighted by atomic mass is 10.0. The first-order valence-electron chi connectivity index (χ1n) is 10.9. The molecule has 0 bridgehead atoms. The van der Waals surface area contributed by atoms with Crippen LogP contribution < -0.4 is 10.6 Å². The fourth-order valence-corrected chi connectivity index (χ4v) is 4.48. The van der Waals surface area contributed by atoms with Gasteiger partial charge in [-0.3, -0.25) is 4.79 Å². The van der Waals surface area contributed by atoms with Gasteiger partial charge in [-0.1, -0.05) is 50.1 Å². The van der Waals surface area contributed by atoms with Crippen LogP contribution in [0.2, 0.25) is 5.02 Å². The van der Waals surface area contributed by atoms with Crippen molar-refractivity contribution >= 4 is 28.9 Å². The smallest absolute Gasteiger partial charge is 0.398 e. The molecule has 1 aliphatic rings. The van der Waals surface area contributed by atoms with Gasteiger partial charge in [0.2, 0.25) is 5.91 Å². The molecule has 2 aromatic carbocycles. The van der Waals surface area contributed by atoms with Crippen LogP contribution in [-0.2, 0) is 17.5 Å². The molecule has 3 rings (SSSR count). The number of likely N-dealkylation sites (tertiary alicyclic amines) is 1. The van der Waals surface area contributed by atoms with Gasteiger partial charge in [-0.2, -0.15) is 13.2 Å². The van der Waals surface area contributed by atoms with Crippen LogP contribution in [0.3, 0.4) is 0 Å². The Hall–Kier alpha value is -2.41. The van der Waals surface area contributed by atoms with Crippen LogP contribution in [0.25, 0.3) is 0 Å². The lowest BCUT2D eigenvalue weighted by Crippen LogP contribution is -2.40. The zero-order valence-electron chi connectivity index (χ0n) is 18.3. The van der Waals surface area contributed by atoms with Crippen LogP contribution in [0.5, 0.6) is 0 Å². The first-order valence-corrected chi connectivity index (χ1v) is 11.2. The van der Waals surface area contributed by atoms with Gasteiger partial charge in [-0.15, -0.1) is 0 Å². The molecule has 174 valence electrons. The maximum absolute atomic E-state index is 13.6. The Morgan fingerprint density at radius 3 is 2.66 bits per heavy atom. The van der Waals surface area contributed by atoms with Crippen molar-refractivity contribution in [2.24, 2.45) is 5.92 Å². The number of nitrogens with zero attached hydrogens (tertiary/aromatic N) is 2. The lowest BCUT2D eigenvalue weighted by Gasteiger charge is -2.33. The number of carbonyl (C=O) groups excluding carboxylic acids is 1. The summed E-state index contributed by atoms with van der Waals surface area (Å²) >= 11 is 6.23. The van der Waals surface area contributed by atoms with E-state index < -0.39 is 11.7 Å². The lowest BCUT2D eigenvalue weighted by molar-refractivity contribution is -0.138. The van der Waals surface area contributed by atoms with E-state index in [9.17, 15) is 18.0 Å². The Balaban J connectivity index is 1.91. The van der Waals surface area contributed by atoms with E-state index in [1.54, 1.807) is 24.3 Å². The monoisotopic (exact) mass is 467 g/mol. The van der Waals surface area contributed by atoms with Gasteiger partial charge in [0, 0.05) is 37.3 Å². The molecule has 2 N–H and O–H groups in total. The molecule has 2 atom stereocenters. The van der Waals surface area contributed by atoms with E-state index in [0.717, 1.165) is 18.9 Å². The third kappa shape index (κ3) is 5.49. The summed E-state index contributed by atoms with van der Waals surface area (Å²) in [6.07, 6.45) is -2.04. The highest BCUT2D eigenvalue weighted by Crippen LogP contribution is 2.35. The Morgan fingerprint density at radius 2 is 2.00 bits per heavy atom. The van der Waals surface area contributed by atoms with Crippen molar-refractivity contribution < 1.29 is 18.0 Å². The number of rotatable bonds is 7. The van der Waals surface area contributed by atoms with Crippen molar-refractivity contribution in [1.29, 1.82) is 0 Å². The topological polar surface area (TPSA) is 49.6 Å². The molecule has 0 saturated carbocycles. The van der Waals surface area contributed by atoms with Gasteiger partial charge in [0.1, 0.15) is 0 Å². The highest BCUT2D eigenvalue weighted by Gasteiger charge is 2.36. The van der Waals surface area contributed by atoms with Crippen LogP contribution in [0.15, 0.2) is 42.5 Å². The molecule has 2 aromatic rings. The van der Waals surface area contributed by atoms with E-state index in [-0.39, 0.29) is 30.0 Å². The minimum Gasteiger partial charge on any atom is -0.398 e. The predicted molar refractivity (Wildman–Crippen MR) is 123 cm³/mol. The maximum atomic E-state index is 13.6. The van der Waals surface area contributed by atoms with E-state index in [0.29, 0.717) is 35.9 Å². The summed E-state index contributed by atoms with van der Waals surface area (Å²) in [5, 5.41) is 0.346. The van der Waals surface area contributed by atoms with Crippen molar-refractivity contribution in [3.63, 3.8) is 0 Å². The number of anilines is 2. The zero-order valence-corrected chi connectivity index (χ0v) is 19.1. The molecule has 8 heteroatoms. The molecular formula is C24H29ClF3N3O. The molecule has 1 amide bonds. The Bertz CT molecular complexity index is 950. The first kappa shape index (κ1) is 24.2. The van der Waals surface area contributed by atoms with Gasteiger partial charge in [0.05, 0.1) is 16.3 Å². The fraction of sp³-hybridized carbons (Fsp3) is 0.458. The van der Waals surface area contributed by atoms with Crippen molar-refractivity contribution in [3.05, 3.63) is 58.6 Å². The molecule has 1 heterocycles. The number of benzene rings is 2. The molecule has 1 unspecified atom stereocenters. The highest BCUT2D eigenvalue weighted by molar-refractivity contribution is 6.33. The second kappa shape index (κ2) is 10.0. The highest BCUT2D eigenvalue weighted by atomic mass is 35.5. The number of carbonyl (C=O) groups is 1. The summed E-state index contributed by atoms with van der Waals surface area (Å²) in [6, 6.07) is 10.6. The molecule has 0 aromatic heterocycles. The van der Waals surface area contributed by atoms with Crippen LogP contribution in [0.1, 0.15) is 44.2 Å². The molecule has 1 aliphatic heterocycles. The Labute approximate surface area is 192 Å². The average Bonchev–Trinajstić information content (AvgIpc) is 3.23. The molecule has 32 heavy (non-hydrogen) atoms. The molecule has 4 nitrogen and oxygen atoms in total. The van der Waals surface area contributed by atoms with E-state index in [2.05, 4.69) is 0 Å². The fourth-order valence-electron chi connectivity index (χ4n) is 4.31. The zero-order chi connectivity index (χ0) is 23.5. The molecular weight excluding hydrogens is 439 g/mol. The molecule has 0 radical (unpaired) electrons. The van der Waals surface area contributed by atoms with Crippen LogP contribution >= 0.6 is 11.6 Å². The maximum Gasteiger partial charge on any atom is 0.416 e. The van der Waals surface area contributed by atoms with Crippen molar-refractivity contribution in [2.45, 2.75) is 51.9 Å². The number of hydrogen-bond acceptors (Lipinski definition) is 3. The molecule has 0 aliphatic carbocycles. The second-order valence-corrected chi connectivity index (χ2v) is 8.81. The van der Waals surface area contributed by atoms with Gasteiger partial charge in [-0.25, -0.2) is 0 Å². The normalized spacial score (nSPS) is 17.4. The number of nitrogen functional groups attached to an aromatic ring is 1. The average molecular weight is 468 g/mol. The Morgan fingerprint density at radius 1 is 1.28 bits per heavy atom. The first-order chi connectivity index (χ1) is 15.1. The summed E-state index contributed by atoms with van der Waals surface area (Å²) in [7, 11) is 0. The number of halogens is 4. The SMILES string of the molecule is CCCC(C)C(=O)N1CC[C@H](N(Cc2ccccc2C(F)(F)F)c2ccc(N)c(Cl)c2)C1. The Kier molecular flexibility index (Phi) is 7.59.